The van der Waals surface area contributed by atoms with Crippen LogP contribution in [0.25, 0.3) is 88.6 Å². The van der Waals surface area contributed by atoms with Crippen molar-refractivity contribution in [3.8, 4) is 45.0 Å². The van der Waals surface area contributed by atoms with Gasteiger partial charge in [0.25, 0.3) is 0 Å². The van der Waals surface area contributed by atoms with Crippen LogP contribution in [0.1, 0.15) is 0 Å². The van der Waals surface area contributed by atoms with Crippen LogP contribution in [0, 0.1) is 0 Å². The van der Waals surface area contributed by atoms with Gasteiger partial charge in [-0.05, 0) is 71.8 Å². The number of nitrogens with zero attached hydrogens (tertiary/aromatic N) is 3. The zero-order valence-corrected chi connectivity index (χ0v) is 27.2. The SMILES string of the molecule is c1ccc(-c2cc(-c3ccccc3)nc(-c3ccc(-n4c5ccccc5c5cc6c7ccccc7n(-c7ccccc7)c6cc54)cc3)c2)cc1. The summed E-state index contributed by atoms with van der Waals surface area (Å²) in [4.78, 5) is 5.18. The van der Waals surface area contributed by atoms with Gasteiger partial charge in [0.2, 0.25) is 0 Å². The maximum atomic E-state index is 5.18. The summed E-state index contributed by atoms with van der Waals surface area (Å²) in [6.07, 6.45) is 0. The third kappa shape index (κ3) is 4.56. The molecule has 0 atom stereocenters. The Kier molecular flexibility index (Phi) is 6.49. The third-order valence-electron chi connectivity index (χ3n) is 9.90. The predicted molar refractivity (Wildman–Crippen MR) is 209 cm³/mol. The topological polar surface area (TPSA) is 22.8 Å². The molecule has 0 saturated carbocycles. The van der Waals surface area contributed by atoms with Crippen LogP contribution >= 0.6 is 0 Å². The van der Waals surface area contributed by atoms with Crippen LogP contribution in [0.3, 0.4) is 0 Å². The van der Waals surface area contributed by atoms with Crippen LogP contribution in [0.15, 0.2) is 188 Å². The molecule has 0 aliphatic carbocycles. The van der Waals surface area contributed by atoms with Crippen molar-refractivity contribution in [1.29, 1.82) is 0 Å². The summed E-state index contributed by atoms with van der Waals surface area (Å²) in [6, 6.07) is 67.2. The van der Waals surface area contributed by atoms with Crippen LogP contribution in [-0.4, -0.2) is 14.1 Å². The molecule has 10 aromatic rings. The molecule has 10 rings (SSSR count). The average molecular weight is 638 g/mol. The van der Waals surface area contributed by atoms with E-state index in [-0.39, 0.29) is 0 Å². The third-order valence-corrected chi connectivity index (χ3v) is 9.90. The Hall–Kier alpha value is -6.71. The van der Waals surface area contributed by atoms with Gasteiger partial charge in [0.1, 0.15) is 0 Å². The quantitative estimate of drug-likeness (QED) is 0.184. The van der Waals surface area contributed by atoms with Gasteiger partial charge in [0.05, 0.1) is 33.5 Å². The minimum atomic E-state index is 0.952. The molecule has 0 aliphatic heterocycles. The molecule has 3 heteroatoms. The smallest absolute Gasteiger partial charge is 0.0715 e. The Labute approximate surface area is 290 Å². The normalized spacial score (nSPS) is 11.6. The fourth-order valence-corrected chi connectivity index (χ4v) is 7.58. The van der Waals surface area contributed by atoms with Crippen LogP contribution in [0.5, 0.6) is 0 Å². The molecule has 0 N–H and O–H groups in total. The molecule has 234 valence electrons. The highest BCUT2D eigenvalue weighted by Gasteiger charge is 2.18. The fraction of sp³-hybridized carbons (Fsp3) is 0. The second-order valence-electron chi connectivity index (χ2n) is 12.8. The summed E-state index contributed by atoms with van der Waals surface area (Å²) in [5, 5.41) is 5.01. The van der Waals surface area contributed by atoms with Crippen LogP contribution in [0.4, 0.5) is 0 Å². The maximum absolute atomic E-state index is 5.18. The number of fused-ring (bicyclic) bond motifs is 6. The largest absolute Gasteiger partial charge is 0.309 e. The Bertz CT molecular complexity index is 2770. The van der Waals surface area contributed by atoms with Gasteiger partial charge in [-0.3, -0.25) is 0 Å². The van der Waals surface area contributed by atoms with Crippen molar-refractivity contribution in [3.63, 3.8) is 0 Å². The second kappa shape index (κ2) is 11.5. The van der Waals surface area contributed by atoms with E-state index in [4.69, 9.17) is 4.98 Å². The van der Waals surface area contributed by atoms with Crippen molar-refractivity contribution in [2.75, 3.05) is 0 Å². The molecular weight excluding hydrogens is 607 g/mol. The first kappa shape index (κ1) is 28.3. The summed E-state index contributed by atoms with van der Waals surface area (Å²) in [5.74, 6) is 0. The number of hydrogen-bond donors (Lipinski definition) is 0. The monoisotopic (exact) mass is 637 g/mol. The lowest BCUT2D eigenvalue weighted by Gasteiger charge is -2.12. The van der Waals surface area contributed by atoms with E-state index in [2.05, 4.69) is 191 Å². The first-order valence-corrected chi connectivity index (χ1v) is 17.1. The lowest BCUT2D eigenvalue weighted by atomic mass is 10.00. The summed E-state index contributed by atoms with van der Waals surface area (Å²) in [6.45, 7) is 0. The van der Waals surface area contributed by atoms with Crippen molar-refractivity contribution >= 4 is 43.6 Å². The molecule has 0 fully saturated rings. The van der Waals surface area contributed by atoms with Crippen LogP contribution < -0.4 is 0 Å². The number of hydrogen-bond acceptors (Lipinski definition) is 1. The van der Waals surface area contributed by atoms with Crippen LogP contribution in [-0.2, 0) is 0 Å². The second-order valence-corrected chi connectivity index (χ2v) is 12.8. The predicted octanol–water partition coefficient (Wildman–Crippen LogP) is 12.3. The van der Waals surface area contributed by atoms with E-state index >= 15 is 0 Å². The summed E-state index contributed by atoms with van der Waals surface area (Å²) >= 11 is 0. The number of aromatic nitrogens is 3. The van der Waals surface area contributed by atoms with Gasteiger partial charge in [0.15, 0.2) is 0 Å². The fourth-order valence-electron chi connectivity index (χ4n) is 7.58. The molecule has 3 nitrogen and oxygen atoms in total. The van der Waals surface area contributed by atoms with E-state index in [9.17, 15) is 0 Å². The molecule has 0 radical (unpaired) electrons. The molecule has 3 heterocycles. The van der Waals surface area contributed by atoms with Gasteiger partial charge >= 0.3 is 0 Å². The Morgan fingerprint density at radius 2 is 0.720 bits per heavy atom. The zero-order chi connectivity index (χ0) is 33.0. The molecule has 0 saturated heterocycles. The van der Waals surface area contributed by atoms with Gasteiger partial charge in [-0.25, -0.2) is 4.98 Å². The number of pyridine rings is 1. The molecule has 3 aromatic heterocycles. The summed E-state index contributed by atoms with van der Waals surface area (Å²) in [5.41, 5.74) is 13.5. The molecule has 50 heavy (non-hydrogen) atoms. The van der Waals surface area contributed by atoms with E-state index in [1.165, 1.54) is 49.2 Å². The van der Waals surface area contributed by atoms with Crippen molar-refractivity contribution in [2.45, 2.75) is 0 Å². The standard InChI is InChI=1S/C47H31N3/c1-4-14-32(15-5-1)35-28-42(33-16-6-2-7-17-33)48-43(29-35)34-24-26-37(27-25-34)50-45-23-13-11-21-39(45)41-30-40-38-20-10-12-22-44(38)49(46(40)31-47(41)50)36-18-8-3-9-19-36/h1-31H. The van der Waals surface area contributed by atoms with Gasteiger partial charge in [-0.2, -0.15) is 0 Å². The van der Waals surface area contributed by atoms with E-state index in [1.807, 2.05) is 6.07 Å². The molecule has 0 unspecified atom stereocenters. The van der Waals surface area contributed by atoms with Gasteiger partial charge in [-0.15, -0.1) is 0 Å². The maximum Gasteiger partial charge on any atom is 0.0715 e. The van der Waals surface area contributed by atoms with Crippen molar-refractivity contribution in [2.24, 2.45) is 0 Å². The first-order chi connectivity index (χ1) is 24.8. The minimum Gasteiger partial charge on any atom is -0.309 e. The minimum absolute atomic E-state index is 0.952. The number of benzene rings is 7. The zero-order valence-electron chi connectivity index (χ0n) is 27.2. The average Bonchev–Trinajstić information content (AvgIpc) is 3.70. The highest BCUT2D eigenvalue weighted by molar-refractivity contribution is 6.19. The van der Waals surface area contributed by atoms with Gasteiger partial charge in [0, 0.05) is 44.0 Å². The first-order valence-electron chi connectivity index (χ1n) is 17.1. The Morgan fingerprint density at radius 3 is 1.28 bits per heavy atom. The molecule has 0 aliphatic rings. The molecular formula is C47H31N3. The molecule has 0 amide bonds. The number of rotatable bonds is 5. The van der Waals surface area contributed by atoms with E-state index in [1.54, 1.807) is 0 Å². The lowest BCUT2D eigenvalue weighted by Crippen LogP contribution is -1.96. The summed E-state index contributed by atoms with van der Waals surface area (Å²) in [7, 11) is 0. The van der Waals surface area contributed by atoms with Crippen LogP contribution in [0.2, 0.25) is 0 Å². The van der Waals surface area contributed by atoms with E-state index < -0.39 is 0 Å². The van der Waals surface area contributed by atoms with Gasteiger partial charge in [-0.1, -0.05) is 127 Å². The lowest BCUT2D eigenvalue weighted by molar-refractivity contribution is 1.16. The highest BCUT2D eigenvalue weighted by atomic mass is 15.0. The number of para-hydroxylation sites is 3. The Balaban J connectivity index is 1.17. The van der Waals surface area contributed by atoms with Crippen molar-refractivity contribution in [1.82, 2.24) is 14.1 Å². The van der Waals surface area contributed by atoms with Gasteiger partial charge < -0.3 is 9.13 Å². The van der Waals surface area contributed by atoms with Crippen molar-refractivity contribution < 1.29 is 0 Å². The molecule has 0 bridgehead atoms. The molecule has 7 aromatic carbocycles. The van der Waals surface area contributed by atoms with Crippen molar-refractivity contribution in [3.05, 3.63) is 188 Å². The summed E-state index contributed by atoms with van der Waals surface area (Å²) < 4.78 is 4.80. The van der Waals surface area contributed by atoms with E-state index in [0.29, 0.717) is 0 Å². The Morgan fingerprint density at radius 1 is 0.280 bits per heavy atom. The molecule has 0 spiro atoms. The van der Waals surface area contributed by atoms with E-state index in [0.717, 1.165) is 39.5 Å². The highest BCUT2D eigenvalue weighted by Crippen LogP contribution is 2.40.